The Morgan fingerprint density at radius 2 is 1.95 bits per heavy atom. The molecule has 0 radical (unpaired) electrons. The molecule has 2 N–H and O–H groups in total. The van der Waals surface area contributed by atoms with Gasteiger partial charge in [-0.2, -0.15) is 0 Å². The Balaban J connectivity index is 1.87. The molecule has 104 valence electrons. The summed E-state index contributed by atoms with van der Waals surface area (Å²) in [5.41, 5.74) is 2.54. The van der Waals surface area contributed by atoms with E-state index in [0.717, 1.165) is 17.1 Å². The molecule has 0 aliphatic heterocycles. The van der Waals surface area contributed by atoms with E-state index in [1.54, 1.807) is 18.6 Å². The van der Waals surface area contributed by atoms with E-state index >= 15 is 0 Å². The topological polar surface area (TPSA) is 76.1 Å². The minimum absolute atomic E-state index is 0.0483. The lowest BCUT2D eigenvalue weighted by Gasteiger charge is -2.08. The van der Waals surface area contributed by atoms with Crippen molar-refractivity contribution < 1.29 is 9.53 Å². The number of rotatable bonds is 6. The highest BCUT2D eigenvalue weighted by Crippen LogP contribution is 2.14. The number of carbonyl (C=O) groups excluding carboxylic acids is 1. The molecule has 0 atom stereocenters. The first-order chi connectivity index (χ1) is 9.78. The van der Waals surface area contributed by atoms with Crippen molar-refractivity contribution in [3.63, 3.8) is 0 Å². The number of nitrogens with one attached hydrogen (secondary N) is 2. The minimum Gasteiger partial charge on any atom is -0.379 e. The summed E-state index contributed by atoms with van der Waals surface area (Å²) in [6.07, 6.45) is 5.01. The predicted molar refractivity (Wildman–Crippen MR) is 76.3 cm³/mol. The smallest absolute Gasteiger partial charge is 0.250 e. The normalized spacial score (nSPS) is 10.1. The fourth-order valence-corrected chi connectivity index (χ4v) is 1.61. The summed E-state index contributed by atoms with van der Waals surface area (Å²) in [6.45, 7) is 0.649. The number of ether oxygens (including phenoxy) is 1. The molecule has 1 aromatic heterocycles. The summed E-state index contributed by atoms with van der Waals surface area (Å²) in [5, 5.41) is 5.96. The molecule has 1 aromatic carbocycles. The number of aromatic nitrogens is 2. The molecule has 0 unspecified atom stereocenters. The Hall–Kier alpha value is -2.47. The van der Waals surface area contributed by atoms with Crippen molar-refractivity contribution in [1.29, 1.82) is 0 Å². The fourth-order valence-electron chi connectivity index (χ4n) is 1.61. The molecule has 6 nitrogen and oxygen atoms in total. The minimum atomic E-state index is -0.173. The third-order valence-corrected chi connectivity index (χ3v) is 2.53. The van der Waals surface area contributed by atoms with Crippen molar-refractivity contribution in [3.05, 3.63) is 48.5 Å². The molecule has 2 rings (SSSR count). The van der Waals surface area contributed by atoms with Crippen molar-refractivity contribution in [3.8, 4) is 0 Å². The van der Waals surface area contributed by atoms with Crippen LogP contribution >= 0.6 is 0 Å². The fraction of sp³-hybridized carbons (Fsp3) is 0.214. The van der Waals surface area contributed by atoms with E-state index in [-0.39, 0.29) is 12.5 Å². The molecule has 20 heavy (non-hydrogen) atoms. The Labute approximate surface area is 117 Å². The van der Waals surface area contributed by atoms with Crippen LogP contribution in [0.1, 0.15) is 5.69 Å². The SMILES string of the molecule is COCC(=O)Nc1ccc(NCc2cnccn2)cc1. The zero-order chi connectivity index (χ0) is 14.2. The molecule has 1 heterocycles. The van der Waals surface area contributed by atoms with E-state index in [1.807, 2.05) is 24.3 Å². The van der Waals surface area contributed by atoms with Crippen LogP contribution in [0, 0.1) is 0 Å². The Kier molecular flexibility index (Phi) is 5.02. The van der Waals surface area contributed by atoms with Gasteiger partial charge in [-0.1, -0.05) is 0 Å². The van der Waals surface area contributed by atoms with Crippen LogP contribution < -0.4 is 10.6 Å². The summed E-state index contributed by atoms with van der Waals surface area (Å²) < 4.78 is 4.75. The van der Waals surface area contributed by atoms with Gasteiger partial charge in [0.05, 0.1) is 18.4 Å². The van der Waals surface area contributed by atoms with Crippen molar-refractivity contribution in [2.45, 2.75) is 6.54 Å². The van der Waals surface area contributed by atoms with Gasteiger partial charge >= 0.3 is 0 Å². The van der Waals surface area contributed by atoms with Gasteiger partial charge in [0, 0.05) is 30.9 Å². The maximum absolute atomic E-state index is 11.3. The van der Waals surface area contributed by atoms with Gasteiger partial charge in [-0.25, -0.2) is 0 Å². The van der Waals surface area contributed by atoms with E-state index in [1.165, 1.54) is 7.11 Å². The van der Waals surface area contributed by atoms with Gasteiger partial charge < -0.3 is 15.4 Å². The third kappa shape index (κ3) is 4.33. The number of amides is 1. The van der Waals surface area contributed by atoms with Gasteiger partial charge in [0.1, 0.15) is 6.61 Å². The van der Waals surface area contributed by atoms with E-state index in [9.17, 15) is 4.79 Å². The second-order valence-corrected chi connectivity index (χ2v) is 4.11. The van der Waals surface area contributed by atoms with E-state index in [0.29, 0.717) is 6.54 Å². The predicted octanol–water partition coefficient (Wildman–Crippen LogP) is 1.67. The summed E-state index contributed by atoms with van der Waals surface area (Å²) in [6, 6.07) is 7.43. The Bertz CT molecular complexity index is 543. The standard InChI is InChI=1S/C14H16N4O2/c1-20-10-14(19)18-12-4-2-11(3-5-12)17-9-13-8-15-6-7-16-13/h2-8,17H,9-10H2,1H3,(H,18,19). The summed E-state index contributed by atoms with van der Waals surface area (Å²) in [7, 11) is 1.49. The van der Waals surface area contributed by atoms with Crippen molar-refractivity contribution in [2.24, 2.45) is 0 Å². The zero-order valence-electron chi connectivity index (χ0n) is 11.2. The molecule has 0 fully saturated rings. The number of hydrogen-bond acceptors (Lipinski definition) is 5. The molecule has 0 bridgehead atoms. The van der Waals surface area contributed by atoms with Gasteiger partial charge in [-0.3, -0.25) is 14.8 Å². The molecule has 0 saturated carbocycles. The van der Waals surface area contributed by atoms with Crippen LogP contribution in [0.4, 0.5) is 11.4 Å². The van der Waals surface area contributed by atoms with Crippen LogP contribution in [0.5, 0.6) is 0 Å². The number of nitrogens with zero attached hydrogens (tertiary/aromatic N) is 2. The van der Waals surface area contributed by atoms with Gasteiger partial charge in [-0.15, -0.1) is 0 Å². The highest BCUT2D eigenvalue weighted by Gasteiger charge is 2.01. The average molecular weight is 272 g/mol. The molecule has 1 amide bonds. The Morgan fingerprint density at radius 3 is 2.60 bits per heavy atom. The maximum atomic E-state index is 11.3. The molecule has 0 saturated heterocycles. The second kappa shape index (κ2) is 7.20. The number of methoxy groups -OCH3 is 1. The highest BCUT2D eigenvalue weighted by molar-refractivity contribution is 5.91. The lowest BCUT2D eigenvalue weighted by atomic mass is 10.2. The zero-order valence-corrected chi connectivity index (χ0v) is 11.2. The van der Waals surface area contributed by atoms with Crippen LogP contribution in [-0.4, -0.2) is 29.6 Å². The summed E-state index contributed by atoms with van der Waals surface area (Å²) >= 11 is 0. The third-order valence-electron chi connectivity index (χ3n) is 2.53. The Morgan fingerprint density at radius 1 is 1.20 bits per heavy atom. The van der Waals surface area contributed by atoms with Crippen molar-refractivity contribution in [1.82, 2.24) is 9.97 Å². The molecule has 0 spiro atoms. The maximum Gasteiger partial charge on any atom is 0.250 e. The van der Waals surface area contributed by atoms with Crippen LogP contribution in [-0.2, 0) is 16.1 Å². The van der Waals surface area contributed by atoms with E-state index in [2.05, 4.69) is 20.6 Å². The first-order valence-electron chi connectivity index (χ1n) is 6.15. The second-order valence-electron chi connectivity index (χ2n) is 4.11. The quantitative estimate of drug-likeness (QED) is 0.836. The first kappa shape index (κ1) is 14.0. The number of hydrogen-bond donors (Lipinski definition) is 2. The van der Waals surface area contributed by atoms with Crippen LogP contribution in [0.2, 0.25) is 0 Å². The van der Waals surface area contributed by atoms with Crippen LogP contribution in [0.3, 0.4) is 0 Å². The molecule has 6 heteroatoms. The lowest BCUT2D eigenvalue weighted by molar-refractivity contribution is -0.119. The van der Waals surface area contributed by atoms with Crippen molar-refractivity contribution >= 4 is 17.3 Å². The molecule has 0 aliphatic carbocycles. The molecular weight excluding hydrogens is 256 g/mol. The van der Waals surface area contributed by atoms with Crippen molar-refractivity contribution in [2.75, 3.05) is 24.4 Å². The number of carbonyl (C=O) groups is 1. The van der Waals surface area contributed by atoms with E-state index in [4.69, 9.17) is 4.74 Å². The van der Waals surface area contributed by atoms with Gasteiger partial charge in [0.25, 0.3) is 0 Å². The van der Waals surface area contributed by atoms with Gasteiger partial charge in [0.2, 0.25) is 5.91 Å². The molecule has 0 aliphatic rings. The van der Waals surface area contributed by atoms with Crippen LogP contribution in [0.25, 0.3) is 0 Å². The summed E-state index contributed by atoms with van der Waals surface area (Å²) in [5.74, 6) is -0.173. The largest absolute Gasteiger partial charge is 0.379 e. The molecular formula is C14H16N4O2. The first-order valence-corrected chi connectivity index (χ1v) is 6.15. The van der Waals surface area contributed by atoms with Crippen LogP contribution in [0.15, 0.2) is 42.9 Å². The average Bonchev–Trinajstić information content (AvgIpc) is 2.48. The lowest BCUT2D eigenvalue weighted by Crippen LogP contribution is -2.16. The highest BCUT2D eigenvalue weighted by atomic mass is 16.5. The van der Waals surface area contributed by atoms with Gasteiger partial charge in [-0.05, 0) is 24.3 Å². The van der Waals surface area contributed by atoms with Gasteiger partial charge in [0.15, 0.2) is 0 Å². The molecule has 2 aromatic rings. The number of benzene rings is 1. The van der Waals surface area contributed by atoms with E-state index < -0.39 is 0 Å². The monoisotopic (exact) mass is 272 g/mol. The summed E-state index contributed by atoms with van der Waals surface area (Å²) in [4.78, 5) is 19.5. The number of anilines is 2.